The molecule has 1 saturated heterocycles. The van der Waals surface area contributed by atoms with Crippen LogP contribution in [-0.2, 0) is 6.54 Å². The van der Waals surface area contributed by atoms with Gasteiger partial charge in [0.05, 0.1) is 5.69 Å². The maximum atomic E-state index is 12.7. The fraction of sp³-hybridized carbons (Fsp3) is 0.400. The standard InChI is InChI=1S/C20H23N3O/c1-15-5-7-16(8-6-15)19-10-9-17(14-21)20(24)23(19)13-11-18-4-2-3-12-22-18/h5-10,18,22H,2-4,11-13H2,1H3. The van der Waals surface area contributed by atoms with Gasteiger partial charge in [0.15, 0.2) is 0 Å². The van der Waals surface area contributed by atoms with E-state index in [1.807, 2.05) is 43.3 Å². The minimum absolute atomic E-state index is 0.189. The van der Waals surface area contributed by atoms with Crippen molar-refractivity contribution in [1.82, 2.24) is 9.88 Å². The molecule has 4 nitrogen and oxygen atoms in total. The van der Waals surface area contributed by atoms with E-state index in [0.717, 1.165) is 30.6 Å². The first kappa shape index (κ1) is 16.5. The summed E-state index contributed by atoms with van der Waals surface area (Å²) in [5.74, 6) is 0. The quantitative estimate of drug-likeness (QED) is 0.940. The topological polar surface area (TPSA) is 57.8 Å². The van der Waals surface area contributed by atoms with Crippen LogP contribution in [0.5, 0.6) is 0 Å². The number of aromatic nitrogens is 1. The van der Waals surface area contributed by atoms with Crippen LogP contribution in [0.1, 0.15) is 36.8 Å². The molecule has 1 N–H and O–H groups in total. The summed E-state index contributed by atoms with van der Waals surface area (Å²) in [5, 5.41) is 12.7. The Morgan fingerprint density at radius 1 is 1.21 bits per heavy atom. The van der Waals surface area contributed by atoms with Gasteiger partial charge in [-0.15, -0.1) is 0 Å². The second-order valence-corrected chi connectivity index (χ2v) is 6.50. The van der Waals surface area contributed by atoms with Crippen LogP contribution in [-0.4, -0.2) is 17.2 Å². The van der Waals surface area contributed by atoms with Gasteiger partial charge in [-0.2, -0.15) is 5.26 Å². The molecule has 2 heterocycles. The third-order valence-corrected chi connectivity index (χ3v) is 4.76. The number of aryl methyl sites for hydroxylation is 1. The minimum Gasteiger partial charge on any atom is -0.314 e. The maximum Gasteiger partial charge on any atom is 0.268 e. The molecule has 1 aliphatic rings. The second kappa shape index (κ2) is 7.46. The Labute approximate surface area is 142 Å². The van der Waals surface area contributed by atoms with Gasteiger partial charge in [-0.25, -0.2) is 0 Å². The first-order valence-corrected chi connectivity index (χ1v) is 8.63. The van der Waals surface area contributed by atoms with Crippen molar-refractivity contribution in [3.63, 3.8) is 0 Å². The molecule has 0 saturated carbocycles. The summed E-state index contributed by atoms with van der Waals surface area (Å²) in [7, 11) is 0. The van der Waals surface area contributed by atoms with Crippen molar-refractivity contribution < 1.29 is 0 Å². The molecule has 4 heteroatoms. The molecule has 1 unspecified atom stereocenters. The van der Waals surface area contributed by atoms with Gasteiger partial charge in [0.2, 0.25) is 0 Å². The lowest BCUT2D eigenvalue weighted by atomic mass is 10.0. The number of hydrogen-bond acceptors (Lipinski definition) is 3. The number of pyridine rings is 1. The van der Waals surface area contributed by atoms with Crippen LogP contribution in [0.3, 0.4) is 0 Å². The van der Waals surface area contributed by atoms with E-state index in [-0.39, 0.29) is 11.1 Å². The van der Waals surface area contributed by atoms with E-state index in [9.17, 15) is 10.1 Å². The Hall–Kier alpha value is -2.38. The van der Waals surface area contributed by atoms with Crippen molar-refractivity contribution in [2.24, 2.45) is 0 Å². The predicted molar refractivity (Wildman–Crippen MR) is 95.8 cm³/mol. The van der Waals surface area contributed by atoms with Crippen LogP contribution in [0.25, 0.3) is 11.3 Å². The SMILES string of the molecule is Cc1ccc(-c2ccc(C#N)c(=O)n2CCC2CCCCN2)cc1. The molecular weight excluding hydrogens is 298 g/mol. The third-order valence-electron chi connectivity index (χ3n) is 4.76. The summed E-state index contributed by atoms with van der Waals surface area (Å²) in [6, 6.07) is 14.2. The molecule has 0 bridgehead atoms. The zero-order chi connectivity index (χ0) is 16.9. The van der Waals surface area contributed by atoms with Crippen molar-refractivity contribution in [2.45, 2.75) is 45.2 Å². The molecule has 1 fully saturated rings. The summed E-state index contributed by atoms with van der Waals surface area (Å²) in [5.41, 5.74) is 3.11. The average molecular weight is 321 g/mol. The molecular formula is C20H23N3O. The van der Waals surface area contributed by atoms with Crippen molar-refractivity contribution in [1.29, 1.82) is 5.26 Å². The van der Waals surface area contributed by atoms with Crippen LogP contribution >= 0.6 is 0 Å². The Bertz CT molecular complexity index is 793. The molecule has 0 spiro atoms. The molecule has 124 valence electrons. The van der Waals surface area contributed by atoms with Crippen LogP contribution < -0.4 is 10.9 Å². The smallest absolute Gasteiger partial charge is 0.268 e. The molecule has 1 aliphatic heterocycles. The summed E-state index contributed by atoms with van der Waals surface area (Å²) in [4.78, 5) is 12.7. The van der Waals surface area contributed by atoms with Crippen molar-refractivity contribution >= 4 is 0 Å². The van der Waals surface area contributed by atoms with Gasteiger partial charge in [-0.05, 0) is 50.4 Å². The highest BCUT2D eigenvalue weighted by atomic mass is 16.1. The van der Waals surface area contributed by atoms with Crippen molar-refractivity contribution in [3.8, 4) is 17.3 Å². The number of nitrogens with one attached hydrogen (secondary N) is 1. The van der Waals surface area contributed by atoms with Crippen molar-refractivity contribution in [2.75, 3.05) is 6.54 Å². The molecule has 0 radical (unpaired) electrons. The molecule has 2 aromatic rings. The lowest BCUT2D eigenvalue weighted by Crippen LogP contribution is -2.36. The normalized spacial score (nSPS) is 17.4. The molecule has 0 aliphatic carbocycles. The number of nitriles is 1. The Morgan fingerprint density at radius 2 is 2.00 bits per heavy atom. The molecule has 1 aromatic carbocycles. The summed E-state index contributed by atoms with van der Waals surface area (Å²) in [6.07, 6.45) is 4.55. The minimum atomic E-state index is -0.189. The van der Waals surface area contributed by atoms with Gasteiger partial charge in [-0.1, -0.05) is 36.2 Å². The van der Waals surface area contributed by atoms with E-state index in [4.69, 9.17) is 0 Å². The van der Waals surface area contributed by atoms with Gasteiger partial charge >= 0.3 is 0 Å². The molecule has 24 heavy (non-hydrogen) atoms. The van der Waals surface area contributed by atoms with Gasteiger partial charge in [0.1, 0.15) is 11.6 Å². The van der Waals surface area contributed by atoms with Gasteiger partial charge in [0.25, 0.3) is 5.56 Å². The summed E-state index contributed by atoms with van der Waals surface area (Å²) < 4.78 is 1.76. The first-order valence-electron chi connectivity index (χ1n) is 8.63. The number of rotatable bonds is 4. The van der Waals surface area contributed by atoms with Crippen LogP contribution in [0.15, 0.2) is 41.2 Å². The number of benzene rings is 1. The maximum absolute atomic E-state index is 12.7. The summed E-state index contributed by atoms with van der Waals surface area (Å²) >= 11 is 0. The Balaban J connectivity index is 1.93. The van der Waals surface area contributed by atoms with Crippen molar-refractivity contribution in [3.05, 3.63) is 57.9 Å². The molecule has 1 aromatic heterocycles. The Morgan fingerprint density at radius 3 is 2.67 bits per heavy atom. The van der Waals surface area contributed by atoms with Gasteiger partial charge in [-0.3, -0.25) is 4.79 Å². The highest BCUT2D eigenvalue weighted by Gasteiger charge is 2.15. The largest absolute Gasteiger partial charge is 0.314 e. The van der Waals surface area contributed by atoms with E-state index in [0.29, 0.717) is 12.6 Å². The van der Waals surface area contributed by atoms with Crippen LogP contribution in [0.4, 0.5) is 0 Å². The van der Waals surface area contributed by atoms with Gasteiger partial charge in [0, 0.05) is 12.6 Å². The average Bonchev–Trinajstić information content (AvgIpc) is 2.62. The van der Waals surface area contributed by atoms with Crippen LogP contribution in [0, 0.1) is 18.3 Å². The number of nitrogens with zero attached hydrogens (tertiary/aromatic N) is 2. The van der Waals surface area contributed by atoms with E-state index in [2.05, 4.69) is 5.32 Å². The lowest BCUT2D eigenvalue weighted by molar-refractivity contribution is 0.365. The fourth-order valence-corrected chi connectivity index (χ4v) is 3.32. The highest BCUT2D eigenvalue weighted by molar-refractivity contribution is 5.60. The van der Waals surface area contributed by atoms with E-state index in [1.165, 1.54) is 18.4 Å². The number of hydrogen-bond donors (Lipinski definition) is 1. The third kappa shape index (κ3) is 3.58. The Kier molecular flexibility index (Phi) is 5.12. The number of piperidine rings is 1. The monoisotopic (exact) mass is 321 g/mol. The van der Waals surface area contributed by atoms with E-state index < -0.39 is 0 Å². The predicted octanol–water partition coefficient (Wildman–Crippen LogP) is 3.23. The molecule has 3 rings (SSSR count). The zero-order valence-electron chi connectivity index (χ0n) is 14.1. The summed E-state index contributed by atoms with van der Waals surface area (Å²) in [6.45, 7) is 3.74. The fourth-order valence-electron chi connectivity index (χ4n) is 3.32. The van der Waals surface area contributed by atoms with E-state index >= 15 is 0 Å². The highest BCUT2D eigenvalue weighted by Crippen LogP contribution is 2.20. The second-order valence-electron chi connectivity index (χ2n) is 6.50. The van der Waals surface area contributed by atoms with E-state index in [1.54, 1.807) is 10.6 Å². The van der Waals surface area contributed by atoms with Crippen LogP contribution in [0.2, 0.25) is 0 Å². The zero-order valence-corrected chi connectivity index (χ0v) is 14.1. The first-order chi connectivity index (χ1) is 11.7. The molecule has 0 amide bonds. The lowest BCUT2D eigenvalue weighted by Gasteiger charge is -2.24. The molecule has 1 atom stereocenters. The van der Waals surface area contributed by atoms with Gasteiger partial charge < -0.3 is 9.88 Å².